The summed E-state index contributed by atoms with van der Waals surface area (Å²) in [6.45, 7) is 0. The molecule has 0 fully saturated rings. The lowest BCUT2D eigenvalue weighted by atomic mass is 10.2. The zero-order valence-electron chi connectivity index (χ0n) is 15.3. The lowest BCUT2D eigenvalue weighted by Gasteiger charge is -2.09. The van der Waals surface area contributed by atoms with Gasteiger partial charge in [-0.2, -0.15) is 17.9 Å². The molecule has 2 aromatic heterocycles. The van der Waals surface area contributed by atoms with Gasteiger partial charge < -0.3 is 9.47 Å². The summed E-state index contributed by atoms with van der Waals surface area (Å²) in [5.41, 5.74) is 0.224. The van der Waals surface area contributed by atoms with E-state index in [0.29, 0.717) is 5.75 Å². The maximum Gasteiger partial charge on any atom is 0.453 e. The second-order valence-corrected chi connectivity index (χ2v) is 7.75. The standard InChI is InChI=1S/C16H14F3N5O4S/c1-27-11-5-4-9(6-12(11)28-2)13-22-14(16(17,18)19)23-24(13)15-20-7-10(8-21-15)29(3,25)26/h4-8H,1-3H3. The first-order chi connectivity index (χ1) is 13.5. The molecule has 0 amide bonds. The Balaban J connectivity index is 2.19. The summed E-state index contributed by atoms with van der Waals surface area (Å²) in [6, 6.07) is 4.38. The van der Waals surface area contributed by atoms with Gasteiger partial charge in [0.1, 0.15) is 4.90 Å². The van der Waals surface area contributed by atoms with Gasteiger partial charge in [0.25, 0.3) is 11.8 Å². The normalized spacial score (nSPS) is 12.1. The van der Waals surface area contributed by atoms with Crippen molar-refractivity contribution in [1.82, 2.24) is 24.7 Å². The van der Waals surface area contributed by atoms with E-state index in [1.165, 1.54) is 32.4 Å². The molecule has 0 aliphatic heterocycles. The molecule has 0 unspecified atom stereocenters. The van der Waals surface area contributed by atoms with Gasteiger partial charge in [0.05, 0.1) is 26.6 Å². The molecule has 0 spiro atoms. The minimum absolute atomic E-state index is 0.190. The zero-order chi connectivity index (χ0) is 21.4. The average molecular weight is 429 g/mol. The van der Waals surface area contributed by atoms with E-state index in [9.17, 15) is 21.6 Å². The summed E-state index contributed by atoms with van der Waals surface area (Å²) in [5.74, 6) is -1.28. The number of nitrogens with zero attached hydrogens (tertiary/aromatic N) is 5. The number of sulfone groups is 1. The highest BCUT2D eigenvalue weighted by Gasteiger charge is 2.38. The van der Waals surface area contributed by atoms with Crippen LogP contribution in [0, 0.1) is 0 Å². The van der Waals surface area contributed by atoms with E-state index < -0.39 is 21.8 Å². The Labute approximate surface area is 163 Å². The van der Waals surface area contributed by atoms with Crippen molar-refractivity contribution >= 4 is 9.84 Å². The zero-order valence-corrected chi connectivity index (χ0v) is 16.1. The Morgan fingerprint density at radius 3 is 2.17 bits per heavy atom. The molecule has 0 radical (unpaired) electrons. The number of rotatable bonds is 5. The first-order valence-electron chi connectivity index (χ1n) is 7.83. The molecule has 1 aromatic carbocycles. The van der Waals surface area contributed by atoms with Crippen LogP contribution in [0.2, 0.25) is 0 Å². The van der Waals surface area contributed by atoms with Gasteiger partial charge in [0.2, 0.25) is 0 Å². The van der Waals surface area contributed by atoms with E-state index in [2.05, 4.69) is 20.1 Å². The highest BCUT2D eigenvalue weighted by molar-refractivity contribution is 7.90. The van der Waals surface area contributed by atoms with E-state index >= 15 is 0 Å². The summed E-state index contributed by atoms with van der Waals surface area (Å²) in [4.78, 5) is 11.0. The molecule has 0 N–H and O–H groups in total. The summed E-state index contributed by atoms with van der Waals surface area (Å²) in [7, 11) is -0.788. The first-order valence-corrected chi connectivity index (χ1v) is 9.73. The maximum atomic E-state index is 13.2. The van der Waals surface area contributed by atoms with Crippen molar-refractivity contribution in [2.45, 2.75) is 11.1 Å². The molecule has 154 valence electrons. The molecule has 0 atom stereocenters. The third-order valence-electron chi connectivity index (χ3n) is 3.73. The second-order valence-electron chi connectivity index (χ2n) is 5.73. The molecule has 0 aliphatic rings. The lowest BCUT2D eigenvalue weighted by Crippen LogP contribution is -2.10. The summed E-state index contributed by atoms with van der Waals surface area (Å²) in [6.07, 6.45) is -1.91. The van der Waals surface area contributed by atoms with Crippen LogP contribution in [0.15, 0.2) is 35.5 Å². The smallest absolute Gasteiger partial charge is 0.453 e. The summed E-state index contributed by atoms with van der Waals surface area (Å²) >= 11 is 0. The van der Waals surface area contributed by atoms with Gasteiger partial charge in [-0.3, -0.25) is 0 Å². The van der Waals surface area contributed by atoms with Gasteiger partial charge in [-0.05, 0) is 18.2 Å². The Kier molecular flexibility index (Phi) is 5.17. The number of ether oxygens (including phenoxy) is 2. The average Bonchev–Trinajstić information content (AvgIpc) is 3.12. The van der Waals surface area contributed by atoms with E-state index in [-0.39, 0.29) is 28.0 Å². The minimum Gasteiger partial charge on any atom is -0.493 e. The molecule has 3 rings (SSSR count). The van der Waals surface area contributed by atoms with Crippen LogP contribution in [0.25, 0.3) is 17.3 Å². The van der Waals surface area contributed by atoms with Gasteiger partial charge in [-0.15, -0.1) is 5.10 Å². The molecule has 0 bridgehead atoms. The topological polar surface area (TPSA) is 109 Å². The number of methoxy groups -OCH3 is 2. The molecule has 2 heterocycles. The molecule has 0 saturated carbocycles. The van der Waals surface area contributed by atoms with Gasteiger partial charge in [0.15, 0.2) is 27.2 Å². The van der Waals surface area contributed by atoms with E-state index in [1.807, 2.05) is 0 Å². The Morgan fingerprint density at radius 1 is 1.03 bits per heavy atom. The monoisotopic (exact) mass is 429 g/mol. The van der Waals surface area contributed by atoms with Crippen molar-refractivity contribution in [2.24, 2.45) is 0 Å². The predicted molar refractivity (Wildman–Crippen MR) is 93.6 cm³/mol. The number of aromatic nitrogens is 5. The fourth-order valence-electron chi connectivity index (χ4n) is 2.34. The van der Waals surface area contributed by atoms with Crippen LogP contribution >= 0.6 is 0 Å². The fourth-order valence-corrected chi connectivity index (χ4v) is 2.83. The Hall–Kier alpha value is -3.22. The SMILES string of the molecule is COc1ccc(-c2nc(C(F)(F)F)nn2-c2ncc(S(C)(=O)=O)cn2)cc1OC. The fraction of sp³-hybridized carbons (Fsp3) is 0.250. The van der Waals surface area contributed by atoms with E-state index in [0.717, 1.165) is 23.3 Å². The molecule has 9 nitrogen and oxygen atoms in total. The molecule has 13 heteroatoms. The van der Waals surface area contributed by atoms with Crippen molar-refractivity contribution in [3.63, 3.8) is 0 Å². The molecule has 0 aliphatic carbocycles. The minimum atomic E-state index is -4.82. The van der Waals surface area contributed by atoms with Crippen molar-refractivity contribution in [1.29, 1.82) is 0 Å². The lowest BCUT2D eigenvalue weighted by molar-refractivity contribution is -0.144. The Bertz CT molecular complexity index is 1140. The van der Waals surface area contributed by atoms with Crippen LogP contribution in [0.5, 0.6) is 11.5 Å². The first kappa shape index (κ1) is 20.5. The Morgan fingerprint density at radius 2 is 1.66 bits per heavy atom. The molecular weight excluding hydrogens is 415 g/mol. The quantitative estimate of drug-likeness (QED) is 0.607. The molecule has 29 heavy (non-hydrogen) atoms. The number of benzene rings is 1. The van der Waals surface area contributed by atoms with E-state index in [4.69, 9.17) is 9.47 Å². The second kappa shape index (κ2) is 7.31. The van der Waals surface area contributed by atoms with Crippen LogP contribution in [0.4, 0.5) is 13.2 Å². The van der Waals surface area contributed by atoms with Crippen LogP contribution in [-0.4, -0.2) is 53.6 Å². The van der Waals surface area contributed by atoms with Crippen LogP contribution in [0.1, 0.15) is 5.82 Å². The highest BCUT2D eigenvalue weighted by atomic mass is 32.2. The van der Waals surface area contributed by atoms with Gasteiger partial charge in [0, 0.05) is 11.8 Å². The van der Waals surface area contributed by atoms with Crippen LogP contribution < -0.4 is 9.47 Å². The van der Waals surface area contributed by atoms with Gasteiger partial charge in [-0.1, -0.05) is 0 Å². The maximum absolute atomic E-state index is 13.2. The largest absolute Gasteiger partial charge is 0.493 e. The van der Waals surface area contributed by atoms with Crippen molar-refractivity contribution in [3.8, 4) is 28.8 Å². The predicted octanol–water partition coefficient (Wildman–Crippen LogP) is 2.16. The number of alkyl halides is 3. The van der Waals surface area contributed by atoms with Gasteiger partial charge >= 0.3 is 6.18 Å². The van der Waals surface area contributed by atoms with Crippen molar-refractivity contribution in [3.05, 3.63) is 36.4 Å². The van der Waals surface area contributed by atoms with Crippen molar-refractivity contribution in [2.75, 3.05) is 20.5 Å². The number of hydrogen-bond acceptors (Lipinski definition) is 8. The summed E-state index contributed by atoms with van der Waals surface area (Å²) in [5, 5.41) is 3.45. The summed E-state index contributed by atoms with van der Waals surface area (Å²) < 4.78 is 73.7. The molecular formula is C16H14F3N5O4S. The van der Waals surface area contributed by atoms with Crippen molar-refractivity contribution < 1.29 is 31.1 Å². The third-order valence-corrected chi connectivity index (χ3v) is 4.80. The number of halogens is 3. The number of hydrogen-bond donors (Lipinski definition) is 0. The molecule has 0 saturated heterocycles. The highest BCUT2D eigenvalue weighted by Crippen LogP contribution is 2.34. The molecule has 3 aromatic rings. The van der Waals surface area contributed by atoms with Gasteiger partial charge in [-0.25, -0.2) is 23.4 Å². The van der Waals surface area contributed by atoms with E-state index in [1.54, 1.807) is 0 Å². The van der Waals surface area contributed by atoms with Crippen LogP contribution in [-0.2, 0) is 16.0 Å². The van der Waals surface area contributed by atoms with Crippen LogP contribution in [0.3, 0.4) is 0 Å². The third kappa shape index (κ3) is 4.13.